The minimum atomic E-state index is -1.08. The maximum absolute atomic E-state index is 11.8. The lowest BCUT2D eigenvalue weighted by Gasteiger charge is -2.15. The first-order valence-electron chi connectivity index (χ1n) is 6.39. The Morgan fingerprint density at radius 1 is 1.10 bits per heavy atom. The summed E-state index contributed by atoms with van der Waals surface area (Å²) in [6.45, 7) is 0. The average molecular weight is 285 g/mol. The number of carboxylic acids is 1. The van der Waals surface area contributed by atoms with Crippen molar-refractivity contribution in [3.8, 4) is 0 Å². The summed E-state index contributed by atoms with van der Waals surface area (Å²) in [5, 5.41) is 14.2. The Morgan fingerprint density at radius 3 is 2.38 bits per heavy atom. The highest BCUT2D eigenvalue weighted by Crippen LogP contribution is 2.05. The van der Waals surface area contributed by atoms with Gasteiger partial charge in [0.05, 0.1) is 0 Å². The molecule has 0 spiro atoms. The zero-order valence-electron chi connectivity index (χ0n) is 11.2. The van der Waals surface area contributed by atoms with Crippen LogP contribution in [-0.2, 0) is 11.2 Å². The number of hydrogen-bond acceptors (Lipinski definition) is 3. The maximum Gasteiger partial charge on any atom is 0.326 e. The van der Waals surface area contributed by atoms with Crippen molar-refractivity contribution in [3.05, 3.63) is 60.4 Å². The molecule has 0 radical (unpaired) electrons. The van der Waals surface area contributed by atoms with Crippen molar-refractivity contribution in [3.63, 3.8) is 0 Å². The normalized spacial score (nSPS) is 11.4. The van der Waals surface area contributed by atoms with Crippen LogP contribution >= 0.6 is 0 Å². The summed E-state index contributed by atoms with van der Waals surface area (Å²) in [5.74, 6) is -1.08. The number of urea groups is 1. The Hall–Kier alpha value is -2.89. The molecule has 21 heavy (non-hydrogen) atoms. The lowest BCUT2D eigenvalue weighted by molar-refractivity contribution is -0.139. The van der Waals surface area contributed by atoms with E-state index >= 15 is 0 Å². The molecule has 2 aromatic rings. The molecule has 0 aliphatic rings. The average Bonchev–Trinajstić information content (AvgIpc) is 2.48. The van der Waals surface area contributed by atoms with Gasteiger partial charge >= 0.3 is 12.0 Å². The predicted molar refractivity (Wildman–Crippen MR) is 78.0 cm³/mol. The van der Waals surface area contributed by atoms with Gasteiger partial charge in [0.2, 0.25) is 0 Å². The first-order chi connectivity index (χ1) is 10.1. The highest BCUT2D eigenvalue weighted by atomic mass is 16.4. The van der Waals surface area contributed by atoms with E-state index in [2.05, 4.69) is 15.6 Å². The van der Waals surface area contributed by atoms with E-state index in [9.17, 15) is 14.7 Å². The quantitative estimate of drug-likeness (QED) is 0.782. The molecular formula is C15H15N3O3. The molecule has 1 aromatic carbocycles. The predicted octanol–water partition coefficient (Wildman–Crippen LogP) is 1.90. The molecule has 2 rings (SSSR count). The minimum Gasteiger partial charge on any atom is -0.480 e. The van der Waals surface area contributed by atoms with E-state index < -0.39 is 18.0 Å². The third-order valence-electron chi connectivity index (χ3n) is 2.82. The van der Waals surface area contributed by atoms with E-state index in [-0.39, 0.29) is 6.42 Å². The zero-order valence-corrected chi connectivity index (χ0v) is 11.2. The lowest BCUT2D eigenvalue weighted by Crippen LogP contribution is -2.44. The van der Waals surface area contributed by atoms with E-state index in [4.69, 9.17) is 0 Å². The number of carbonyl (C=O) groups is 2. The number of benzene rings is 1. The van der Waals surface area contributed by atoms with Crippen molar-refractivity contribution in [2.75, 3.05) is 5.32 Å². The van der Waals surface area contributed by atoms with Crippen molar-refractivity contribution < 1.29 is 14.7 Å². The molecule has 108 valence electrons. The summed E-state index contributed by atoms with van der Waals surface area (Å²) >= 11 is 0. The van der Waals surface area contributed by atoms with Crippen molar-refractivity contribution in [2.45, 2.75) is 12.5 Å². The van der Waals surface area contributed by atoms with Gasteiger partial charge in [-0.05, 0) is 17.7 Å². The van der Waals surface area contributed by atoms with E-state index in [1.807, 2.05) is 30.3 Å². The fourth-order valence-electron chi connectivity index (χ4n) is 1.81. The molecular weight excluding hydrogens is 270 g/mol. The molecule has 0 fully saturated rings. The van der Waals surface area contributed by atoms with Crippen LogP contribution in [0.25, 0.3) is 0 Å². The van der Waals surface area contributed by atoms with Gasteiger partial charge in [0, 0.05) is 24.5 Å². The van der Waals surface area contributed by atoms with Crippen molar-refractivity contribution in [1.82, 2.24) is 10.3 Å². The SMILES string of the molecule is O=C(Nc1ccncc1)N[C@@H](Cc1ccccc1)C(=O)O. The highest BCUT2D eigenvalue weighted by Gasteiger charge is 2.20. The Bertz CT molecular complexity index is 602. The summed E-state index contributed by atoms with van der Waals surface area (Å²) in [4.78, 5) is 26.9. The van der Waals surface area contributed by atoms with Crippen LogP contribution in [0.3, 0.4) is 0 Å². The second-order valence-corrected chi connectivity index (χ2v) is 4.41. The summed E-state index contributed by atoms with van der Waals surface area (Å²) in [5.41, 5.74) is 1.39. The number of nitrogens with zero attached hydrogens (tertiary/aromatic N) is 1. The molecule has 0 aliphatic carbocycles. The summed E-state index contributed by atoms with van der Waals surface area (Å²) in [7, 11) is 0. The van der Waals surface area contributed by atoms with Gasteiger partial charge in [-0.3, -0.25) is 4.98 Å². The van der Waals surface area contributed by atoms with Gasteiger partial charge < -0.3 is 15.7 Å². The van der Waals surface area contributed by atoms with Crippen LogP contribution in [0.15, 0.2) is 54.9 Å². The van der Waals surface area contributed by atoms with E-state index in [1.54, 1.807) is 12.1 Å². The van der Waals surface area contributed by atoms with Crippen LogP contribution in [0.5, 0.6) is 0 Å². The van der Waals surface area contributed by atoms with Crippen LogP contribution in [-0.4, -0.2) is 28.1 Å². The van der Waals surface area contributed by atoms with E-state index in [1.165, 1.54) is 12.4 Å². The van der Waals surface area contributed by atoms with Gasteiger partial charge in [-0.1, -0.05) is 30.3 Å². The summed E-state index contributed by atoms with van der Waals surface area (Å²) in [6, 6.07) is 10.8. The Morgan fingerprint density at radius 2 is 1.76 bits per heavy atom. The van der Waals surface area contributed by atoms with E-state index in [0.29, 0.717) is 5.69 Å². The van der Waals surface area contributed by atoms with Gasteiger partial charge in [0.15, 0.2) is 0 Å². The molecule has 0 unspecified atom stereocenters. The van der Waals surface area contributed by atoms with Gasteiger partial charge in [0.25, 0.3) is 0 Å². The highest BCUT2D eigenvalue weighted by molar-refractivity contribution is 5.92. The molecule has 2 amide bonds. The Kier molecular flexibility index (Phi) is 4.87. The van der Waals surface area contributed by atoms with Crippen molar-refractivity contribution >= 4 is 17.7 Å². The monoisotopic (exact) mass is 285 g/mol. The number of anilines is 1. The Labute approximate surface area is 121 Å². The second-order valence-electron chi connectivity index (χ2n) is 4.41. The van der Waals surface area contributed by atoms with Crippen molar-refractivity contribution in [1.29, 1.82) is 0 Å². The van der Waals surface area contributed by atoms with Gasteiger partial charge in [-0.2, -0.15) is 0 Å². The standard InChI is InChI=1S/C15H15N3O3/c19-14(20)13(10-11-4-2-1-3-5-11)18-15(21)17-12-6-8-16-9-7-12/h1-9,13H,10H2,(H,19,20)(H2,16,17,18,21)/t13-/m0/s1. The number of hydrogen-bond donors (Lipinski definition) is 3. The lowest BCUT2D eigenvalue weighted by atomic mass is 10.1. The third kappa shape index (κ3) is 4.61. The number of pyridine rings is 1. The van der Waals surface area contributed by atoms with Gasteiger partial charge in [-0.25, -0.2) is 9.59 Å². The molecule has 0 saturated heterocycles. The molecule has 6 heteroatoms. The van der Waals surface area contributed by atoms with Crippen LogP contribution < -0.4 is 10.6 Å². The molecule has 0 aliphatic heterocycles. The molecule has 0 saturated carbocycles. The van der Waals surface area contributed by atoms with Gasteiger partial charge in [-0.15, -0.1) is 0 Å². The van der Waals surface area contributed by atoms with Crippen LogP contribution in [0, 0.1) is 0 Å². The van der Waals surface area contributed by atoms with Crippen LogP contribution in [0.1, 0.15) is 5.56 Å². The van der Waals surface area contributed by atoms with Crippen LogP contribution in [0.2, 0.25) is 0 Å². The molecule has 1 heterocycles. The zero-order chi connectivity index (χ0) is 15.1. The molecule has 6 nitrogen and oxygen atoms in total. The number of carboxylic acid groups (broad SMARTS) is 1. The third-order valence-corrected chi connectivity index (χ3v) is 2.82. The summed E-state index contributed by atoms with van der Waals surface area (Å²) in [6.07, 6.45) is 3.29. The minimum absolute atomic E-state index is 0.222. The van der Waals surface area contributed by atoms with Crippen molar-refractivity contribution in [2.24, 2.45) is 0 Å². The first-order valence-corrected chi connectivity index (χ1v) is 6.39. The fraction of sp³-hybridized carbons (Fsp3) is 0.133. The van der Waals surface area contributed by atoms with Gasteiger partial charge in [0.1, 0.15) is 6.04 Å². The fourth-order valence-corrected chi connectivity index (χ4v) is 1.81. The number of aromatic nitrogens is 1. The van der Waals surface area contributed by atoms with Crippen LogP contribution in [0.4, 0.5) is 10.5 Å². The smallest absolute Gasteiger partial charge is 0.326 e. The topological polar surface area (TPSA) is 91.3 Å². The summed E-state index contributed by atoms with van der Waals surface area (Å²) < 4.78 is 0. The molecule has 0 bridgehead atoms. The second kappa shape index (κ2) is 7.04. The van der Waals surface area contributed by atoms with E-state index in [0.717, 1.165) is 5.56 Å². The number of amides is 2. The molecule has 1 aromatic heterocycles. The number of carbonyl (C=O) groups excluding carboxylic acids is 1. The first kappa shape index (κ1) is 14.5. The number of aliphatic carboxylic acids is 1. The molecule has 3 N–H and O–H groups in total. The number of rotatable bonds is 5. The maximum atomic E-state index is 11.8. The largest absolute Gasteiger partial charge is 0.480 e. The molecule has 1 atom stereocenters. The Balaban J connectivity index is 1.96. The number of nitrogens with one attached hydrogen (secondary N) is 2.